The second kappa shape index (κ2) is 4.28. The number of aromatic amines is 1. The number of aromatic nitrogens is 1. The van der Waals surface area contributed by atoms with Gasteiger partial charge in [-0.1, -0.05) is 13.8 Å². The standard InChI is InChI=1S/C9H16N2O2/c1-6(2)8-7(4-3-5-10)9(12)13-11-8/h6,11H,3-5,10H2,1-2H3. The van der Waals surface area contributed by atoms with Crippen molar-refractivity contribution in [2.75, 3.05) is 6.54 Å². The van der Waals surface area contributed by atoms with E-state index >= 15 is 0 Å². The molecule has 0 bridgehead atoms. The normalized spacial score (nSPS) is 11.1. The Labute approximate surface area is 77.1 Å². The van der Waals surface area contributed by atoms with Gasteiger partial charge in [0.2, 0.25) is 0 Å². The summed E-state index contributed by atoms with van der Waals surface area (Å²) in [4.78, 5) is 11.2. The highest BCUT2D eigenvalue weighted by atomic mass is 16.5. The highest BCUT2D eigenvalue weighted by molar-refractivity contribution is 5.18. The summed E-state index contributed by atoms with van der Waals surface area (Å²) in [5.41, 5.74) is 6.78. The number of nitrogens with two attached hydrogens (primary N) is 1. The van der Waals surface area contributed by atoms with Crippen molar-refractivity contribution in [1.82, 2.24) is 5.16 Å². The third-order valence-corrected chi connectivity index (χ3v) is 2.03. The summed E-state index contributed by atoms with van der Waals surface area (Å²) >= 11 is 0. The molecule has 0 aliphatic carbocycles. The molecule has 0 atom stereocenters. The fourth-order valence-electron chi connectivity index (χ4n) is 1.32. The lowest BCUT2D eigenvalue weighted by Crippen LogP contribution is -2.08. The van der Waals surface area contributed by atoms with Gasteiger partial charge < -0.3 is 10.3 Å². The minimum atomic E-state index is -0.253. The van der Waals surface area contributed by atoms with Crippen molar-refractivity contribution >= 4 is 0 Å². The Kier molecular flexibility index (Phi) is 3.31. The predicted octanol–water partition coefficient (Wildman–Crippen LogP) is 0.983. The van der Waals surface area contributed by atoms with Crippen molar-refractivity contribution in [3.8, 4) is 0 Å². The highest BCUT2D eigenvalue weighted by Gasteiger charge is 2.13. The number of hydrogen-bond donors (Lipinski definition) is 2. The summed E-state index contributed by atoms with van der Waals surface area (Å²) in [7, 11) is 0. The molecular weight excluding hydrogens is 168 g/mol. The lowest BCUT2D eigenvalue weighted by atomic mass is 10.0. The molecule has 74 valence electrons. The molecule has 0 aliphatic rings. The van der Waals surface area contributed by atoms with Crippen LogP contribution < -0.4 is 11.4 Å². The fourth-order valence-corrected chi connectivity index (χ4v) is 1.32. The Morgan fingerprint density at radius 1 is 1.54 bits per heavy atom. The van der Waals surface area contributed by atoms with Crippen LogP contribution in [0, 0.1) is 0 Å². The lowest BCUT2D eigenvalue weighted by Gasteiger charge is -2.02. The van der Waals surface area contributed by atoms with E-state index in [0.717, 1.165) is 17.7 Å². The van der Waals surface area contributed by atoms with Crippen molar-refractivity contribution < 1.29 is 4.52 Å². The van der Waals surface area contributed by atoms with E-state index in [1.807, 2.05) is 13.8 Å². The Hall–Kier alpha value is -1.03. The van der Waals surface area contributed by atoms with Crippen LogP contribution >= 0.6 is 0 Å². The van der Waals surface area contributed by atoms with Crippen molar-refractivity contribution in [1.29, 1.82) is 0 Å². The number of H-pyrrole nitrogens is 1. The van der Waals surface area contributed by atoms with E-state index in [-0.39, 0.29) is 5.63 Å². The molecule has 0 amide bonds. The highest BCUT2D eigenvalue weighted by Crippen LogP contribution is 2.15. The average Bonchev–Trinajstić information content (AvgIpc) is 2.43. The molecule has 13 heavy (non-hydrogen) atoms. The monoisotopic (exact) mass is 184 g/mol. The Balaban J connectivity index is 2.88. The number of nitrogens with one attached hydrogen (secondary N) is 1. The molecule has 4 nitrogen and oxygen atoms in total. The molecule has 3 N–H and O–H groups in total. The molecule has 0 radical (unpaired) electrons. The fraction of sp³-hybridized carbons (Fsp3) is 0.667. The molecule has 0 spiro atoms. The molecule has 0 aliphatic heterocycles. The average molecular weight is 184 g/mol. The molecule has 0 saturated heterocycles. The van der Waals surface area contributed by atoms with Crippen molar-refractivity contribution in [3.05, 3.63) is 21.7 Å². The van der Waals surface area contributed by atoms with Gasteiger partial charge in [-0.05, 0) is 25.3 Å². The molecule has 1 rings (SSSR count). The lowest BCUT2D eigenvalue weighted by molar-refractivity contribution is 0.381. The van der Waals surface area contributed by atoms with Gasteiger partial charge in [0.25, 0.3) is 0 Å². The first-order chi connectivity index (χ1) is 6.16. The van der Waals surface area contributed by atoms with Gasteiger partial charge in [0.05, 0.1) is 11.3 Å². The van der Waals surface area contributed by atoms with Crippen LogP contribution in [0.5, 0.6) is 0 Å². The predicted molar refractivity (Wildman–Crippen MR) is 50.8 cm³/mol. The second-order valence-corrected chi connectivity index (χ2v) is 3.43. The smallest absolute Gasteiger partial charge is 0.339 e. The van der Waals surface area contributed by atoms with Gasteiger partial charge >= 0.3 is 5.63 Å². The zero-order valence-corrected chi connectivity index (χ0v) is 8.09. The minimum Gasteiger partial charge on any atom is -0.339 e. The van der Waals surface area contributed by atoms with Gasteiger partial charge in [-0.3, -0.25) is 0 Å². The first-order valence-electron chi connectivity index (χ1n) is 4.57. The summed E-state index contributed by atoms with van der Waals surface area (Å²) in [5, 5.41) is 2.65. The maximum absolute atomic E-state index is 11.2. The van der Waals surface area contributed by atoms with E-state index in [1.54, 1.807) is 0 Å². The maximum atomic E-state index is 11.2. The molecule has 1 heterocycles. The number of hydrogen-bond acceptors (Lipinski definition) is 3. The van der Waals surface area contributed by atoms with Crippen molar-refractivity contribution in [3.63, 3.8) is 0 Å². The molecule has 0 aromatic carbocycles. The van der Waals surface area contributed by atoms with Crippen LogP contribution in [0.15, 0.2) is 9.32 Å². The van der Waals surface area contributed by atoms with E-state index in [4.69, 9.17) is 10.3 Å². The van der Waals surface area contributed by atoms with Crippen LogP contribution in [0.2, 0.25) is 0 Å². The topological polar surface area (TPSA) is 72.0 Å². The molecule has 0 fully saturated rings. The third-order valence-electron chi connectivity index (χ3n) is 2.03. The van der Waals surface area contributed by atoms with E-state index in [9.17, 15) is 4.79 Å². The van der Waals surface area contributed by atoms with E-state index < -0.39 is 0 Å². The van der Waals surface area contributed by atoms with Crippen LogP contribution in [-0.4, -0.2) is 11.7 Å². The SMILES string of the molecule is CC(C)c1[nH]oc(=O)c1CCCN. The molecule has 1 aromatic rings. The summed E-state index contributed by atoms with van der Waals surface area (Å²) in [5.74, 6) is 0.291. The summed E-state index contributed by atoms with van der Waals surface area (Å²) < 4.78 is 4.73. The van der Waals surface area contributed by atoms with E-state index in [1.165, 1.54) is 0 Å². The van der Waals surface area contributed by atoms with Gasteiger partial charge in [0.1, 0.15) is 0 Å². The van der Waals surface area contributed by atoms with E-state index in [2.05, 4.69) is 5.16 Å². The van der Waals surface area contributed by atoms with Crippen LogP contribution in [0.1, 0.15) is 37.4 Å². The second-order valence-electron chi connectivity index (χ2n) is 3.43. The maximum Gasteiger partial charge on any atom is 0.360 e. The quantitative estimate of drug-likeness (QED) is 0.732. The summed E-state index contributed by atoms with van der Waals surface area (Å²) in [6, 6.07) is 0. The van der Waals surface area contributed by atoms with Crippen LogP contribution in [0.25, 0.3) is 0 Å². The zero-order chi connectivity index (χ0) is 9.84. The summed E-state index contributed by atoms with van der Waals surface area (Å²) in [6.07, 6.45) is 1.53. The van der Waals surface area contributed by atoms with Gasteiger partial charge in [-0.25, -0.2) is 9.95 Å². The molecule has 0 unspecified atom stereocenters. The van der Waals surface area contributed by atoms with Crippen LogP contribution in [0.4, 0.5) is 0 Å². The molecule has 4 heteroatoms. The van der Waals surface area contributed by atoms with E-state index in [0.29, 0.717) is 18.9 Å². The van der Waals surface area contributed by atoms with Gasteiger partial charge in [-0.15, -0.1) is 0 Å². The van der Waals surface area contributed by atoms with Gasteiger partial charge in [-0.2, -0.15) is 0 Å². The van der Waals surface area contributed by atoms with Gasteiger partial charge in [0.15, 0.2) is 0 Å². The van der Waals surface area contributed by atoms with Crippen LogP contribution in [0.3, 0.4) is 0 Å². The summed E-state index contributed by atoms with van der Waals surface area (Å²) in [6.45, 7) is 4.64. The largest absolute Gasteiger partial charge is 0.360 e. The Morgan fingerprint density at radius 2 is 2.23 bits per heavy atom. The first-order valence-corrected chi connectivity index (χ1v) is 4.57. The zero-order valence-electron chi connectivity index (χ0n) is 8.09. The first kappa shape index (κ1) is 10.1. The van der Waals surface area contributed by atoms with Crippen molar-refractivity contribution in [2.45, 2.75) is 32.6 Å². The molecule has 0 saturated carbocycles. The Bertz CT molecular complexity index is 312. The van der Waals surface area contributed by atoms with Crippen LogP contribution in [-0.2, 0) is 6.42 Å². The minimum absolute atomic E-state index is 0.253. The molecular formula is C9H16N2O2. The van der Waals surface area contributed by atoms with Gasteiger partial charge in [0, 0.05) is 0 Å². The third kappa shape index (κ3) is 2.21. The number of rotatable bonds is 4. The van der Waals surface area contributed by atoms with Crippen molar-refractivity contribution in [2.24, 2.45) is 5.73 Å². The molecule has 1 aromatic heterocycles. The Morgan fingerprint density at radius 3 is 2.77 bits per heavy atom.